The molecule has 0 saturated heterocycles. The minimum atomic E-state index is -1.54. The molecular weight excluding hydrogens is 1930 g/mol. The van der Waals surface area contributed by atoms with Crippen LogP contribution in [0.15, 0.2) is 463 Å². The van der Waals surface area contributed by atoms with Crippen molar-refractivity contribution in [3.63, 3.8) is 0 Å². The molecule has 0 aliphatic carbocycles. The molecule has 5 heterocycles. The van der Waals surface area contributed by atoms with Crippen LogP contribution in [-0.2, 0) is 0 Å². The number of hydrogen-bond acceptors (Lipinski definition) is 9. The number of aromatic nitrogens is 5. The number of nitrogens with zero attached hydrogens (tertiary/aromatic N) is 5. The number of carbonyl (C=O) groups excluding carboxylic acids is 1. The molecule has 0 aliphatic rings. The van der Waals surface area contributed by atoms with E-state index in [0.29, 0.717) is 22.1 Å². The number of alkyl halides is 1. The third-order valence-electron chi connectivity index (χ3n) is 24.8. The molecule has 6 N–H and O–H groups in total. The molecule has 136 heavy (non-hydrogen) atoms. The molecule has 11 nitrogen and oxygen atoms in total. The standard InChI is InChI=1S/2C34H23BO2.2C17H11BrN2.C9H8N2.C8H6Br2O/c2*36-35(37)28-17-18-31-32(21-28)34(27-16-14-23-8-2-4-10-25(23)20-27)30-12-6-5-11-29(30)33(31)26-15-13-22-7-1-3-9-24(22)19-26;2*18-14-7-5-13(6-8-14)16-11-20-10-9-12-3-1-2-4-15(12)17(20)19-16;10-9-8-4-2-1-3-7(8)5-6-11-9;9-5-8(11)6-1-3-7(10)4-2-6/h2*1-21,36-37H;2*1-11H;1-6H,(H2,10,11);1-4H,5H2. The van der Waals surface area contributed by atoms with Crippen molar-refractivity contribution < 1.29 is 24.9 Å². The first-order chi connectivity index (χ1) is 66.6. The third-order valence-corrected chi connectivity index (χ3v) is 26.9. The van der Waals surface area contributed by atoms with Gasteiger partial charge >= 0.3 is 14.2 Å². The molecule has 20 aromatic carbocycles. The van der Waals surface area contributed by atoms with E-state index in [0.717, 1.165) is 140 Å². The number of carbonyl (C=O) groups is 1. The lowest BCUT2D eigenvalue weighted by Gasteiger charge is -2.19. The maximum Gasteiger partial charge on any atom is 0.488 e. The molecule has 0 spiro atoms. The number of imidazole rings is 2. The molecule has 0 amide bonds. The molecule has 0 fully saturated rings. The van der Waals surface area contributed by atoms with Crippen LogP contribution in [0, 0.1) is 0 Å². The van der Waals surface area contributed by atoms with Crippen molar-refractivity contribution in [1.82, 2.24) is 23.8 Å². The van der Waals surface area contributed by atoms with Crippen LogP contribution in [-0.4, -0.2) is 69.2 Å². The zero-order valence-corrected chi connectivity index (χ0v) is 79.5. The zero-order valence-electron chi connectivity index (χ0n) is 73.1. The molecule has 25 aromatic rings. The predicted octanol–water partition coefficient (Wildman–Crippen LogP) is 29.3. The summed E-state index contributed by atoms with van der Waals surface area (Å²) >= 11 is 13.3. The Hall–Kier alpha value is -14.9. The highest BCUT2D eigenvalue weighted by molar-refractivity contribution is 9.11. The zero-order chi connectivity index (χ0) is 92.9. The van der Waals surface area contributed by atoms with Crippen molar-refractivity contribution in [2.24, 2.45) is 0 Å². The number of halogens is 4. The van der Waals surface area contributed by atoms with E-state index in [1.54, 1.807) is 18.3 Å². The third kappa shape index (κ3) is 18.7. The highest BCUT2D eigenvalue weighted by atomic mass is 79.9. The Morgan fingerprint density at radius 1 is 0.279 bits per heavy atom. The van der Waals surface area contributed by atoms with Gasteiger partial charge in [-0.1, -0.05) is 403 Å². The predicted molar refractivity (Wildman–Crippen MR) is 584 cm³/mol. The van der Waals surface area contributed by atoms with Crippen molar-refractivity contribution in [1.29, 1.82) is 0 Å². The van der Waals surface area contributed by atoms with Gasteiger partial charge in [0.05, 0.1) is 16.7 Å². The summed E-state index contributed by atoms with van der Waals surface area (Å²) in [5.74, 6) is 0.709. The van der Waals surface area contributed by atoms with Gasteiger partial charge in [0.15, 0.2) is 5.78 Å². The SMILES string of the molecule is Brc1ccc(-c2cn3ccc4ccccc4c3n2)cc1.Brc1ccc(-c2cn3ccc4ccccc4c3n2)cc1.Nc1nccc2ccccc12.O=C(CBr)c1ccc(Br)cc1.OB(O)c1ccc2c(-c3ccc4ccccc4c3)c3ccccc3c(-c3ccc4ccccc4c3)c2c1.OB(O)c1ccc2c(-c3ccc4ccccc4c3)c3ccccc3c(-c3ccc4ccccc4c3)c2c1. The van der Waals surface area contributed by atoms with E-state index in [2.05, 4.69) is 406 Å². The Balaban J connectivity index is 0.000000107. The first-order valence-electron chi connectivity index (χ1n) is 44.4. The fourth-order valence-electron chi connectivity index (χ4n) is 18.1. The smallest absolute Gasteiger partial charge is 0.423 e. The molecule has 17 heteroatoms. The number of rotatable bonds is 10. The monoisotopic (exact) mass is 2010 g/mol. The normalized spacial score (nSPS) is 11.2. The van der Waals surface area contributed by atoms with Gasteiger partial charge in [0, 0.05) is 77.3 Å². The van der Waals surface area contributed by atoms with Gasteiger partial charge in [-0.3, -0.25) is 4.79 Å². The number of nitrogens with two attached hydrogens (primary N) is 1. The number of nitrogen functional groups attached to an aromatic ring is 1. The molecule has 0 bridgehead atoms. The Kier molecular flexibility index (Phi) is 26.0. The van der Waals surface area contributed by atoms with Crippen LogP contribution in [0.2, 0.25) is 0 Å². The molecule has 0 unspecified atom stereocenters. The second-order valence-corrected chi connectivity index (χ2v) is 36.5. The molecule has 0 radical (unpaired) electrons. The summed E-state index contributed by atoms with van der Waals surface area (Å²) in [6.45, 7) is 0. The van der Waals surface area contributed by atoms with Gasteiger partial charge in [0.1, 0.15) is 17.1 Å². The van der Waals surface area contributed by atoms with Crippen molar-refractivity contribution in [3.05, 3.63) is 469 Å². The van der Waals surface area contributed by atoms with Gasteiger partial charge in [0.2, 0.25) is 0 Å². The number of benzene rings is 20. The summed E-state index contributed by atoms with van der Waals surface area (Å²) in [5, 5.41) is 65.9. The van der Waals surface area contributed by atoms with Crippen LogP contribution in [0.25, 0.3) is 197 Å². The molecule has 25 rings (SSSR count). The van der Waals surface area contributed by atoms with Crippen LogP contribution < -0.4 is 16.7 Å². The summed E-state index contributed by atoms with van der Waals surface area (Å²) in [6, 6.07) is 143. The van der Waals surface area contributed by atoms with E-state index in [1.807, 2.05) is 103 Å². The summed E-state index contributed by atoms with van der Waals surface area (Å²) in [5.41, 5.74) is 22.6. The van der Waals surface area contributed by atoms with Crippen molar-refractivity contribution >= 4 is 230 Å². The van der Waals surface area contributed by atoms with E-state index in [1.165, 1.54) is 75.4 Å². The van der Waals surface area contributed by atoms with Crippen LogP contribution in [0.3, 0.4) is 0 Å². The first kappa shape index (κ1) is 89.0. The van der Waals surface area contributed by atoms with E-state index in [4.69, 9.17) is 15.7 Å². The number of fused-ring (bicyclic) bond motifs is 15. The number of anilines is 1. The summed E-state index contributed by atoms with van der Waals surface area (Å²) < 4.78 is 7.31. The van der Waals surface area contributed by atoms with Crippen LogP contribution in [0.5, 0.6) is 0 Å². The van der Waals surface area contributed by atoms with Crippen molar-refractivity contribution in [3.8, 4) is 67.0 Å². The van der Waals surface area contributed by atoms with Crippen molar-refractivity contribution in [2.75, 3.05) is 11.1 Å². The van der Waals surface area contributed by atoms with Gasteiger partial charge in [0.25, 0.3) is 0 Å². The van der Waals surface area contributed by atoms with E-state index in [-0.39, 0.29) is 5.78 Å². The highest BCUT2D eigenvalue weighted by Gasteiger charge is 2.24. The summed E-state index contributed by atoms with van der Waals surface area (Å²) in [7, 11) is -3.08. The van der Waals surface area contributed by atoms with E-state index < -0.39 is 14.2 Å². The van der Waals surface area contributed by atoms with Gasteiger partial charge in [-0.05, 0) is 237 Å². The minimum absolute atomic E-state index is 0.109. The average Bonchev–Trinajstić information content (AvgIpc) is 1.57. The lowest BCUT2D eigenvalue weighted by atomic mass is 9.77. The Labute approximate surface area is 818 Å². The Morgan fingerprint density at radius 3 is 0.890 bits per heavy atom. The lowest BCUT2D eigenvalue weighted by Crippen LogP contribution is -2.29. The first-order valence-corrected chi connectivity index (χ1v) is 47.9. The number of hydrogen-bond donors (Lipinski definition) is 5. The number of ketones is 1. The topological polar surface area (TPSA) is 172 Å². The Morgan fingerprint density at radius 2 is 0.559 bits per heavy atom. The summed E-state index contributed by atoms with van der Waals surface area (Å²) in [4.78, 5) is 24.6. The van der Waals surface area contributed by atoms with Gasteiger partial charge in [-0.15, -0.1) is 0 Å². The number of Topliss-reactive ketones (excluding diaryl/α,β-unsaturated/α-hetero) is 1. The van der Waals surface area contributed by atoms with Crippen molar-refractivity contribution in [2.45, 2.75) is 0 Å². The Bertz CT molecular complexity index is 8400. The second kappa shape index (κ2) is 39.8. The molecule has 0 saturated carbocycles. The van der Waals surface area contributed by atoms with Crippen LogP contribution in [0.4, 0.5) is 5.82 Å². The maximum absolute atomic E-state index is 11.1. The fourth-order valence-corrected chi connectivity index (χ4v) is 19.3. The minimum Gasteiger partial charge on any atom is -0.423 e. The van der Waals surface area contributed by atoms with Gasteiger partial charge in [-0.2, -0.15) is 0 Å². The summed E-state index contributed by atoms with van der Waals surface area (Å²) in [6.07, 6.45) is 9.99. The molecule has 0 aliphatic heterocycles. The molecule has 5 aromatic heterocycles. The molecular formula is C119H82B2Br4N6O5. The van der Waals surface area contributed by atoms with E-state index in [9.17, 15) is 24.9 Å². The quantitative estimate of drug-likeness (QED) is 0.0387. The van der Waals surface area contributed by atoms with E-state index >= 15 is 0 Å². The largest absolute Gasteiger partial charge is 0.488 e. The van der Waals surface area contributed by atoms with Crippen LogP contribution >= 0.6 is 63.7 Å². The fraction of sp³-hybridized carbons (Fsp3) is 0.00840. The lowest BCUT2D eigenvalue weighted by molar-refractivity contribution is 0.102. The number of pyridine rings is 3. The van der Waals surface area contributed by atoms with Gasteiger partial charge < -0.3 is 34.6 Å². The second-order valence-electron chi connectivity index (χ2n) is 33.2. The maximum atomic E-state index is 11.1. The van der Waals surface area contributed by atoms with Gasteiger partial charge in [-0.25, -0.2) is 15.0 Å². The van der Waals surface area contributed by atoms with Crippen LogP contribution in [0.1, 0.15) is 10.4 Å². The molecule has 652 valence electrons. The highest BCUT2D eigenvalue weighted by Crippen LogP contribution is 2.47. The average molecular weight is 2020 g/mol. The molecule has 0 atom stereocenters.